The molecular formula is C18H19ClN2O4. The van der Waals surface area contributed by atoms with Gasteiger partial charge in [-0.1, -0.05) is 23.7 Å². The zero-order chi connectivity index (χ0) is 18.1. The van der Waals surface area contributed by atoms with Gasteiger partial charge in [-0.15, -0.1) is 0 Å². The number of aliphatic carboxylic acids is 1. The third-order valence-corrected chi connectivity index (χ3v) is 3.37. The van der Waals surface area contributed by atoms with Crippen LogP contribution in [0.5, 0.6) is 11.5 Å². The number of carbonyl (C=O) groups is 1. The van der Waals surface area contributed by atoms with Gasteiger partial charge in [0.2, 0.25) is 0 Å². The zero-order valence-corrected chi connectivity index (χ0v) is 14.5. The maximum absolute atomic E-state index is 10.6. The molecule has 0 atom stereocenters. The van der Waals surface area contributed by atoms with Crippen LogP contribution in [0.3, 0.4) is 0 Å². The van der Waals surface area contributed by atoms with Gasteiger partial charge in [-0.3, -0.25) is 0 Å². The number of carboxylic acids is 1. The minimum Gasteiger partial charge on any atom is -0.490 e. The highest BCUT2D eigenvalue weighted by atomic mass is 35.5. The van der Waals surface area contributed by atoms with E-state index >= 15 is 0 Å². The lowest BCUT2D eigenvalue weighted by molar-refractivity contribution is -0.139. The number of hydrogen-bond donors (Lipinski definition) is 2. The molecule has 0 fully saturated rings. The number of halogens is 1. The molecule has 132 valence electrons. The molecule has 0 aliphatic carbocycles. The van der Waals surface area contributed by atoms with Gasteiger partial charge in [0.25, 0.3) is 0 Å². The second-order valence-electron chi connectivity index (χ2n) is 5.04. The normalized spacial score (nSPS) is 10.6. The summed E-state index contributed by atoms with van der Waals surface area (Å²) in [5, 5.41) is 13.6. The van der Waals surface area contributed by atoms with Crippen molar-refractivity contribution in [1.29, 1.82) is 0 Å². The van der Waals surface area contributed by atoms with E-state index < -0.39 is 12.6 Å². The van der Waals surface area contributed by atoms with E-state index in [9.17, 15) is 4.79 Å². The fourth-order valence-electron chi connectivity index (χ4n) is 1.99. The lowest BCUT2D eigenvalue weighted by Crippen LogP contribution is -2.10. The van der Waals surface area contributed by atoms with Crippen LogP contribution in [-0.2, 0) is 11.3 Å². The highest BCUT2D eigenvalue weighted by Crippen LogP contribution is 2.28. The summed E-state index contributed by atoms with van der Waals surface area (Å²) >= 11 is 5.84. The standard InChI is InChI=1S/C18H19ClN2O4/c1-2-24-17-9-14(5-8-16(17)25-12-18(22)23)11-21-20-10-13-3-6-15(19)7-4-13/h3-9,11,20H,2,10,12H2,1H3,(H,22,23)/b21-11-. The Morgan fingerprint density at radius 2 is 1.96 bits per heavy atom. The van der Waals surface area contributed by atoms with Crippen molar-refractivity contribution in [1.82, 2.24) is 5.43 Å². The monoisotopic (exact) mass is 362 g/mol. The summed E-state index contributed by atoms with van der Waals surface area (Å²) in [6, 6.07) is 12.7. The van der Waals surface area contributed by atoms with Crippen LogP contribution >= 0.6 is 11.6 Å². The van der Waals surface area contributed by atoms with Gasteiger partial charge in [0, 0.05) is 5.02 Å². The first kappa shape index (κ1) is 18.6. The molecule has 0 saturated heterocycles. The maximum atomic E-state index is 10.6. The molecule has 2 rings (SSSR count). The van der Waals surface area contributed by atoms with E-state index in [1.54, 1.807) is 24.4 Å². The van der Waals surface area contributed by atoms with E-state index in [2.05, 4.69) is 10.5 Å². The first-order valence-corrected chi connectivity index (χ1v) is 8.08. The number of nitrogens with zero attached hydrogens (tertiary/aromatic N) is 1. The summed E-state index contributed by atoms with van der Waals surface area (Å²) in [5.74, 6) is -0.180. The molecule has 2 aromatic carbocycles. The van der Waals surface area contributed by atoms with Gasteiger partial charge in [0.15, 0.2) is 18.1 Å². The highest BCUT2D eigenvalue weighted by molar-refractivity contribution is 6.30. The van der Waals surface area contributed by atoms with Crippen LogP contribution in [0.25, 0.3) is 0 Å². The minimum absolute atomic E-state index is 0.385. The smallest absolute Gasteiger partial charge is 0.341 e. The molecule has 0 spiro atoms. The molecule has 0 bridgehead atoms. The van der Waals surface area contributed by atoms with Crippen LogP contribution in [-0.4, -0.2) is 30.5 Å². The Hall–Kier alpha value is -2.73. The summed E-state index contributed by atoms with van der Waals surface area (Å²) in [5.41, 5.74) is 4.82. The van der Waals surface area contributed by atoms with Gasteiger partial charge in [-0.05, 0) is 48.4 Å². The van der Waals surface area contributed by atoms with Crippen LogP contribution in [0.15, 0.2) is 47.6 Å². The number of rotatable bonds is 9. The first-order valence-electron chi connectivity index (χ1n) is 7.70. The van der Waals surface area contributed by atoms with Crippen molar-refractivity contribution >= 4 is 23.8 Å². The number of hydrazone groups is 1. The lowest BCUT2D eigenvalue weighted by atomic mass is 10.2. The van der Waals surface area contributed by atoms with Crippen LogP contribution in [0.1, 0.15) is 18.1 Å². The second-order valence-corrected chi connectivity index (χ2v) is 5.48. The molecular weight excluding hydrogens is 344 g/mol. The minimum atomic E-state index is -1.04. The van der Waals surface area contributed by atoms with Gasteiger partial charge in [-0.25, -0.2) is 4.79 Å². The molecule has 0 heterocycles. The fourth-order valence-corrected chi connectivity index (χ4v) is 2.12. The van der Waals surface area contributed by atoms with Crippen molar-refractivity contribution in [2.24, 2.45) is 5.10 Å². The lowest BCUT2D eigenvalue weighted by Gasteiger charge is -2.11. The molecule has 0 aliphatic rings. The van der Waals surface area contributed by atoms with E-state index in [0.717, 1.165) is 11.1 Å². The van der Waals surface area contributed by atoms with E-state index in [-0.39, 0.29) is 0 Å². The average molecular weight is 363 g/mol. The van der Waals surface area contributed by atoms with Crippen LogP contribution in [0, 0.1) is 0 Å². The summed E-state index contributed by atoms with van der Waals surface area (Å²) < 4.78 is 10.7. The van der Waals surface area contributed by atoms with Crippen molar-refractivity contribution in [3.63, 3.8) is 0 Å². The first-order chi connectivity index (χ1) is 12.1. The highest BCUT2D eigenvalue weighted by Gasteiger charge is 2.07. The van der Waals surface area contributed by atoms with Crippen molar-refractivity contribution in [3.8, 4) is 11.5 Å². The van der Waals surface area contributed by atoms with Crippen LogP contribution in [0.4, 0.5) is 0 Å². The summed E-state index contributed by atoms with van der Waals surface area (Å²) in [6.07, 6.45) is 1.65. The van der Waals surface area contributed by atoms with Crippen LogP contribution < -0.4 is 14.9 Å². The molecule has 0 saturated carbocycles. The number of nitrogens with one attached hydrogen (secondary N) is 1. The Morgan fingerprint density at radius 3 is 2.64 bits per heavy atom. The molecule has 7 heteroatoms. The second kappa shape index (κ2) is 9.54. The Morgan fingerprint density at radius 1 is 1.20 bits per heavy atom. The quantitative estimate of drug-likeness (QED) is 0.528. The Bertz CT molecular complexity index is 732. The molecule has 2 aromatic rings. The fraction of sp³-hybridized carbons (Fsp3) is 0.222. The van der Waals surface area contributed by atoms with Gasteiger partial charge >= 0.3 is 5.97 Å². The van der Waals surface area contributed by atoms with Gasteiger partial charge in [0.05, 0.1) is 19.4 Å². The van der Waals surface area contributed by atoms with Crippen molar-refractivity contribution < 1.29 is 19.4 Å². The maximum Gasteiger partial charge on any atom is 0.341 e. The van der Waals surface area contributed by atoms with Crippen molar-refractivity contribution in [2.75, 3.05) is 13.2 Å². The summed E-state index contributed by atoms with van der Waals surface area (Å²) in [7, 11) is 0. The number of ether oxygens (including phenoxy) is 2. The van der Waals surface area contributed by atoms with E-state index in [4.69, 9.17) is 26.2 Å². The Balaban J connectivity index is 1.97. The molecule has 2 N–H and O–H groups in total. The molecule has 25 heavy (non-hydrogen) atoms. The van der Waals surface area contributed by atoms with Crippen molar-refractivity contribution in [2.45, 2.75) is 13.5 Å². The summed E-state index contributed by atoms with van der Waals surface area (Å²) in [4.78, 5) is 10.6. The van der Waals surface area contributed by atoms with Gasteiger partial charge in [0.1, 0.15) is 0 Å². The van der Waals surface area contributed by atoms with Crippen LogP contribution in [0.2, 0.25) is 5.02 Å². The van der Waals surface area contributed by atoms with Gasteiger partial charge < -0.3 is 20.0 Å². The SMILES string of the molecule is CCOc1cc(/C=N\NCc2ccc(Cl)cc2)ccc1OCC(=O)O. The Kier molecular flexibility index (Phi) is 7.10. The molecule has 0 unspecified atom stereocenters. The number of benzene rings is 2. The molecule has 0 aliphatic heterocycles. The molecule has 6 nitrogen and oxygen atoms in total. The zero-order valence-electron chi connectivity index (χ0n) is 13.7. The third-order valence-electron chi connectivity index (χ3n) is 3.12. The average Bonchev–Trinajstić information content (AvgIpc) is 2.59. The summed E-state index contributed by atoms with van der Waals surface area (Å²) in [6.45, 7) is 2.44. The molecule has 0 radical (unpaired) electrons. The predicted octanol–water partition coefficient (Wildman–Crippen LogP) is 3.33. The predicted molar refractivity (Wildman–Crippen MR) is 96.6 cm³/mol. The van der Waals surface area contributed by atoms with E-state index in [1.165, 1.54) is 0 Å². The van der Waals surface area contributed by atoms with E-state index in [0.29, 0.717) is 29.7 Å². The third kappa shape index (κ3) is 6.35. The number of carboxylic acid groups (broad SMARTS) is 1. The van der Waals surface area contributed by atoms with Gasteiger partial charge in [-0.2, -0.15) is 5.10 Å². The Labute approximate surface area is 151 Å². The topological polar surface area (TPSA) is 80.1 Å². The largest absolute Gasteiger partial charge is 0.490 e. The van der Waals surface area contributed by atoms with E-state index in [1.807, 2.05) is 31.2 Å². The molecule has 0 amide bonds. The van der Waals surface area contributed by atoms with Crippen molar-refractivity contribution in [3.05, 3.63) is 58.6 Å². The number of hydrogen-bond acceptors (Lipinski definition) is 5. The molecule has 0 aromatic heterocycles.